The van der Waals surface area contributed by atoms with Crippen molar-refractivity contribution in [1.82, 2.24) is 0 Å². The summed E-state index contributed by atoms with van der Waals surface area (Å²) in [7, 11) is 0. The van der Waals surface area contributed by atoms with Crippen molar-refractivity contribution in [1.29, 1.82) is 0 Å². The SMILES string of the molecule is C=C(C)C(=O)OCCc1ccccc1N=Nc1c(O)ccc(C(=O)c2ccccc2)c1O. The predicted molar refractivity (Wildman–Crippen MR) is 120 cm³/mol. The van der Waals surface area contributed by atoms with Gasteiger partial charge in [-0.1, -0.05) is 55.1 Å². The fraction of sp³-hybridized carbons (Fsp3) is 0.120. The summed E-state index contributed by atoms with van der Waals surface area (Å²) in [6.45, 7) is 5.24. The maximum Gasteiger partial charge on any atom is 0.333 e. The first-order valence-corrected chi connectivity index (χ1v) is 9.85. The van der Waals surface area contributed by atoms with E-state index in [0.29, 0.717) is 23.2 Å². The number of hydrogen-bond acceptors (Lipinski definition) is 7. The Morgan fingerprint density at radius 1 is 0.938 bits per heavy atom. The van der Waals surface area contributed by atoms with E-state index in [0.717, 1.165) is 5.56 Å². The maximum absolute atomic E-state index is 12.7. The first kappa shape index (κ1) is 22.4. The number of aromatic hydroxyl groups is 2. The van der Waals surface area contributed by atoms with E-state index in [9.17, 15) is 19.8 Å². The lowest BCUT2D eigenvalue weighted by atomic mass is 10.0. The fourth-order valence-electron chi connectivity index (χ4n) is 2.90. The summed E-state index contributed by atoms with van der Waals surface area (Å²) in [5.74, 6) is -1.66. The lowest BCUT2D eigenvalue weighted by Gasteiger charge is -2.09. The molecule has 0 unspecified atom stereocenters. The predicted octanol–water partition coefficient (Wildman–Crippen LogP) is 5.41. The van der Waals surface area contributed by atoms with Crippen molar-refractivity contribution < 1.29 is 24.5 Å². The van der Waals surface area contributed by atoms with Crippen molar-refractivity contribution in [3.8, 4) is 11.5 Å². The summed E-state index contributed by atoms with van der Waals surface area (Å²) >= 11 is 0. The molecule has 32 heavy (non-hydrogen) atoms. The van der Waals surface area contributed by atoms with Crippen molar-refractivity contribution in [3.05, 3.63) is 95.6 Å². The fourth-order valence-corrected chi connectivity index (χ4v) is 2.90. The van der Waals surface area contributed by atoms with Crippen molar-refractivity contribution in [3.63, 3.8) is 0 Å². The highest BCUT2D eigenvalue weighted by atomic mass is 16.5. The maximum atomic E-state index is 12.7. The van der Waals surface area contributed by atoms with Gasteiger partial charge in [-0.15, -0.1) is 5.11 Å². The largest absolute Gasteiger partial charge is 0.505 e. The molecule has 0 aliphatic heterocycles. The second-order valence-electron chi connectivity index (χ2n) is 7.02. The molecule has 3 aromatic carbocycles. The number of phenolic OH excluding ortho intramolecular Hbond substituents is 2. The third-order valence-corrected chi connectivity index (χ3v) is 4.61. The summed E-state index contributed by atoms with van der Waals surface area (Å²) < 4.78 is 5.12. The normalized spacial score (nSPS) is 10.8. The van der Waals surface area contributed by atoms with Gasteiger partial charge in [0.1, 0.15) is 5.75 Å². The third-order valence-electron chi connectivity index (χ3n) is 4.61. The van der Waals surface area contributed by atoms with Gasteiger partial charge in [0.15, 0.2) is 17.2 Å². The minimum Gasteiger partial charge on any atom is -0.505 e. The summed E-state index contributed by atoms with van der Waals surface area (Å²) in [5, 5.41) is 28.9. The summed E-state index contributed by atoms with van der Waals surface area (Å²) in [4.78, 5) is 24.3. The Labute approximate surface area is 185 Å². The van der Waals surface area contributed by atoms with E-state index in [1.54, 1.807) is 55.5 Å². The number of carbonyl (C=O) groups excluding carboxylic acids is 2. The van der Waals surface area contributed by atoms with E-state index in [-0.39, 0.29) is 23.6 Å². The van der Waals surface area contributed by atoms with Crippen LogP contribution in [0.1, 0.15) is 28.4 Å². The number of benzene rings is 3. The Hall–Kier alpha value is -4.26. The van der Waals surface area contributed by atoms with Gasteiger partial charge in [0, 0.05) is 17.6 Å². The monoisotopic (exact) mass is 430 g/mol. The number of ketones is 1. The number of rotatable bonds is 8. The number of carbonyl (C=O) groups is 2. The van der Waals surface area contributed by atoms with Gasteiger partial charge >= 0.3 is 5.97 Å². The molecule has 162 valence electrons. The van der Waals surface area contributed by atoms with Crippen LogP contribution in [-0.2, 0) is 16.0 Å². The lowest BCUT2D eigenvalue weighted by molar-refractivity contribution is -0.138. The molecule has 2 N–H and O–H groups in total. The molecule has 0 saturated carbocycles. The van der Waals surface area contributed by atoms with E-state index >= 15 is 0 Å². The summed E-state index contributed by atoms with van der Waals surface area (Å²) in [6, 6.07) is 18.2. The van der Waals surface area contributed by atoms with Crippen molar-refractivity contribution in [2.75, 3.05) is 6.61 Å². The Morgan fingerprint density at radius 3 is 2.34 bits per heavy atom. The molecule has 0 saturated heterocycles. The van der Waals surface area contributed by atoms with Crippen LogP contribution in [0.5, 0.6) is 11.5 Å². The lowest BCUT2D eigenvalue weighted by Crippen LogP contribution is -2.08. The molecule has 7 nitrogen and oxygen atoms in total. The van der Waals surface area contributed by atoms with Gasteiger partial charge in [-0.2, -0.15) is 5.11 Å². The van der Waals surface area contributed by atoms with E-state index in [1.807, 2.05) is 6.07 Å². The van der Waals surface area contributed by atoms with Gasteiger partial charge < -0.3 is 14.9 Å². The minimum absolute atomic E-state index is 0.00272. The Bertz CT molecular complexity index is 1190. The van der Waals surface area contributed by atoms with E-state index < -0.39 is 17.5 Å². The number of ether oxygens (including phenoxy) is 1. The quantitative estimate of drug-likeness (QED) is 0.215. The number of phenols is 2. The molecular formula is C25H22N2O5. The number of nitrogens with zero attached hydrogens (tertiary/aromatic N) is 2. The second-order valence-corrected chi connectivity index (χ2v) is 7.02. The topological polar surface area (TPSA) is 109 Å². The van der Waals surface area contributed by atoms with E-state index in [2.05, 4.69) is 16.8 Å². The minimum atomic E-state index is -0.473. The molecular weight excluding hydrogens is 408 g/mol. The first-order chi connectivity index (χ1) is 15.4. The number of azo groups is 1. The molecule has 0 aromatic heterocycles. The van der Waals surface area contributed by atoms with Gasteiger partial charge in [0.2, 0.25) is 0 Å². The van der Waals surface area contributed by atoms with Crippen LogP contribution < -0.4 is 0 Å². The van der Waals surface area contributed by atoms with Crippen molar-refractivity contribution >= 4 is 23.1 Å². The third kappa shape index (κ3) is 5.26. The summed E-state index contributed by atoms with van der Waals surface area (Å²) in [6.07, 6.45) is 0.388. The van der Waals surface area contributed by atoms with Gasteiger partial charge in [0.05, 0.1) is 17.9 Å². The van der Waals surface area contributed by atoms with Gasteiger partial charge in [-0.05, 0) is 30.7 Å². The van der Waals surface area contributed by atoms with Crippen LogP contribution in [0.25, 0.3) is 0 Å². The van der Waals surface area contributed by atoms with E-state index in [1.165, 1.54) is 12.1 Å². The standard InChI is InChI=1S/C25H22N2O5/c1-16(2)25(31)32-15-14-17-8-6-7-11-20(17)26-27-22-21(28)13-12-19(24(22)30)23(29)18-9-4-3-5-10-18/h3-13,28,30H,1,14-15H2,2H3. The number of esters is 1. The van der Waals surface area contributed by atoms with Crippen LogP contribution in [0.15, 0.2) is 89.1 Å². The highest BCUT2D eigenvalue weighted by Gasteiger charge is 2.19. The molecule has 0 bridgehead atoms. The molecule has 0 aliphatic rings. The van der Waals surface area contributed by atoms with Crippen molar-refractivity contribution in [2.45, 2.75) is 13.3 Å². The zero-order valence-electron chi connectivity index (χ0n) is 17.5. The average molecular weight is 430 g/mol. The van der Waals surface area contributed by atoms with Crippen LogP contribution >= 0.6 is 0 Å². The first-order valence-electron chi connectivity index (χ1n) is 9.85. The van der Waals surface area contributed by atoms with Crippen LogP contribution in [0.3, 0.4) is 0 Å². The van der Waals surface area contributed by atoms with Crippen molar-refractivity contribution in [2.24, 2.45) is 10.2 Å². The molecule has 0 heterocycles. The zero-order chi connectivity index (χ0) is 23.1. The Kier molecular flexibility index (Phi) is 7.13. The van der Waals surface area contributed by atoms with Crippen LogP contribution in [0.2, 0.25) is 0 Å². The molecule has 0 aliphatic carbocycles. The number of hydrogen-bond donors (Lipinski definition) is 2. The van der Waals surface area contributed by atoms with E-state index in [4.69, 9.17) is 4.74 Å². The molecule has 0 spiro atoms. The van der Waals surface area contributed by atoms with Crippen LogP contribution in [0.4, 0.5) is 11.4 Å². The molecule has 7 heteroatoms. The van der Waals surface area contributed by atoms with Gasteiger partial charge in [-0.3, -0.25) is 4.79 Å². The Balaban J connectivity index is 1.85. The molecule has 3 rings (SSSR count). The zero-order valence-corrected chi connectivity index (χ0v) is 17.5. The second kappa shape index (κ2) is 10.2. The molecule has 0 fully saturated rings. The van der Waals surface area contributed by atoms with Gasteiger partial charge in [0.25, 0.3) is 0 Å². The molecule has 0 amide bonds. The summed E-state index contributed by atoms with van der Waals surface area (Å²) in [5.41, 5.74) is 1.72. The highest BCUT2D eigenvalue weighted by molar-refractivity contribution is 6.11. The highest BCUT2D eigenvalue weighted by Crippen LogP contribution is 2.40. The van der Waals surface area contributed by atoms with Crippen LogP contribution in [0, 0.1) is 0 Å². The Morgan fingerprint density at radius 2 is 1.62 bits per heavy atom. The average Bonchev–Trinajstić information content (AvgIpc) is 2.80. The molecule has 3 aromatic rings. The molecule has 0 radical (unpaired) electrons. The smallest absolute Gasteiger partial charge is 0.333 e. The van der Waals surface area contributed by atoms with Crippen LogP contribution in [-0.4, -0.2) is 28.6 Å². The molecule has 0 atom stereocenters. The van der Waals surface area contributed by atoms with Gasteiger partial charge in [-0.25, -0.2) is 4.79 Å².